The highest BCUT2D eigenvalue weighted by molar-refractivity contribution is 5.33. The zero-order valence-electron chi connectivity index (χ0n) is 13.7. The first-order valence-electron chi connectivity index (χ1n) is 8.58. The molecule has 1 aliphatic carbocycles. The summed E-state index contributed by atoms with van der Waals surface area (Å²) >= 11 is 0. The Kier molecular flexibility index (Phi) is 4.37. The van der Waals surface area contributed by atoms with Crippen molar-refractivity contribution in [3.63, 3.8) is 0 Å². The van der Waals surface area contributed by atoms with E-state index in [-0.39, 0.29) is 5.60 Å². The molecule has 1 aromatic rings. The summed E-state index contributed by atoms with van der Waals surface area (Å²) in [5, 5.41) is 3.76. The van der Waals surface area contributed by atoms with Crippen LogP contribution in [0.4, 0.5) is 0 Å². The summed E-state index contributed by atoms with van der Waals surface area (Å²) in [7, 11) is 0. The van der Waals surface area contributed by atoms with Crippen LogP contribution in [0.25, 0.3) is 0 Å². The Hall–Kier alpha value is -0.860. The lowest BCUT2D eigenvalue weighted by atomic mass is 9.69. The Morgan fingerprint density at radius 3 is 2.76 bits per heavy atom. The summed E-state index contributed by atoms with van der Waals surface area (Å²) in [6.45, 7) is 8.62. The van der Waals surface area contributed by atoms with Crippen LogP contribution in [-0.4, -0.2) is 18.8 Å². The van der Waals surface area contributed by atoms with Gasteiger partial charge in [-0.25, -0.2) is 0 Å². The van der Waals surface area contributed by atoms with Crippen LogP contribution in [0.5, 0.6) is 0 Å². The van der Waals surface area contributed by atoms with E-state index in [4.69, 9.17) is 4.74 Å². The molecule has 1 saturated heterocycles. The first-order valence-corrected chi connectivity index (χ1v) is 8.58. The van der Waals surface area contributed by atoms with Crippen molar-refractivity contribution >= 4 is 0 Å². The molecule has 1 heterocycles. The number of hydrogen-bond acceptors (Lipinski definition) is 2. The first-order chi connectivity index (χ1) is 10.1. The predicted octanol–water partition coefficient (Wildman–Crippen LogP) is 4.30. The van der Waals surface area contributed by atoms with Crippen LogP contribution in [0.1, 0.15) is 61.8 Å². The van der Waals surface area contributed by atoms with Gasteiger partial charge in [0.1, 0.15) is 0 Å². The minimum absolute atomic E-state index is 0.231. The van der Waals surface area contributed by atoms with E-state index in [0.29, 0.717) is 12.0 Å². The molecule has 1 aromatic carbocycles. The second kappa shape index (κ2) is 6.10. The third kappa shape index (κ3) is 3.02. The largest absolute Gasteiger partial charge is 0.375 e. The fraction of sp³-hybridized carbons (Fsp3) is 0.684. The fourth-order valence-electron chi connectivity index (χ4n) is 4.19. The lowest BCUT2D eigenvalue weighted by Gasteiger charge is -2.49. The van der Waals surface area contributed by atoms with Crippen LogP contribution in [0, 0.1) is 19.8 Å². The Labute approximate surface area is 129 Å². The second-order valence-electron chi connectivity index (χ2n) is 7.03. The maximum absolute atomic E-state index is 6.12. The van der Waals surface area contributed by atoms with Gasteiger partial charge in [0.05, 0.1) is 5.60 Å². The number of benzene rings is 1. The van der Waals surface area contributed by atoms with Gasteiger partial charge < -0.3 is 10.1 Å². The average Bonchev–Trinajstić information content (AvgIpc) is 2.44. The van der Waals surface area contributed by atoms with Gasteiger partial charge in [-0.2, -0.15) is 0 Å². The highest BCUT2D eigenvalue weighted by atomic mass is 16.5. The first kappa shape index (κ1) is 15.1. The zero-order valence-corrected chi connectivity index (χ0v) is 13.7. The van der Waals surface area contributed by atoms with Crippen molar-refractivity contribution in [3.05, 3.63) is 34.9 Å². The molecule has 2 fully saturated rings. The molecule has 1 N–H and O–H groups in total. The summed E-state index contributed by atoms with van der Waals surface area (Å²) in [6.07, 6.45) is 6.32. The lowest BCUT2D eigenvalue weighted by Crippen LogP contribution is -2.48. The van der Waals surface area contributed by atoms with E-state index >= 15 is 0 Å². The maximum atomic E-state index is 6.12. The van der Waals surface area contributed by atoms with Crippen LogP contribution < -0.4 is 5.32 Å². The molecule has 2 heteroatoms. The van der Waals surface area contributed by atoms with Gasteiger partial charge >= 0.3 is 0 Å². The van der Waals surface area contributed by atoms with E-state index in [1.165, 1.54) is 48.8 Å². The van der Waals surface area contributed by atoms with Crippen molar-refractivity contribution in [2.24, 2.45) is 5.92 Å². The number of nitrogens with one attached hydrogen (secondary N) is 1. The molecule has 2 atom stereocenters. The molecule has 0 bridgehead atoms. The third-order valence-corrected chi connectivity index (χ3v) is 5.45. The van der Waals surface area contributed by atoms with Crippen LogP contribution in [-0.2, 0) is 4.74 Å². The van der Waals surface area contributed by atoms with Crippen molar-refractivity contribution in [2.75, 3.05) is 13.2 Å². The summed E-state index contributed by atoms with van der Waals surface area (Å²) in [5.74, 6) is 0.709. The molecular weight excluding hydrogens is 258 g/mol. The van der Waals surface area contributed by atoms with E-state index in [0.717, 1.165) is 13.2 Å². The highest BCUT2D eigenvalue weighted by Gasteiger charge is 2.44. The normalized spacial score (nSPS) is 25.6. The lowest BCUT2D eigenvalue weighted by molar-refractivity contribution is -0.147. The molecule has 1 spiro atoms. The maximum Gasteiger partial charge on any atom is 0.0686 e. The minimum atomic E-state index is 0.231. The monoisotopic (exact) mass is 287 g/mol. The molecular formula is C19H29NO. The van der Waals surface area contributed by atoms with Gasteiger partial charge in [0.2, 0.25) is 0 Å². The molecule has 1 aliphatic heterocycles. The summed E-state index contributed by atoms with van der Waals surface area (Å²) < 4.78 is 6.12. The van der Waals surface area contributed by atoms with Crippen molar-refractivity contribution in [1.29, 1.82) is 0 Å². The van der Waals surface area contributed by atoms with Gasteiger partial charge in [-0.3, -0.25) is 0 Å². The van der Waals surface area contributed by atoms with Crippen molar-refractivity contribution in [3.8, 4) is 0 Å². The zero-order chi connectivity index (χ0) is 14.9. The molecule has 3 rings (SSSR count). The molecule has 2 unspecified atom stereocenters. The van der Waals surface area contributed by atoms with E-state index in [1.807, 2.05) is 0 Å². The van der Waals surface area contributed by atoms with Gasteiger partial charge in [0.15, 0.2) is 0 Å². The average molecular weight is 287 g/mol. The van der Waals surface area contributed by atoms with Crippen molar-refractivity contribution in [2.45, 2.75) is 64.5 Å². The topological polar surface area (TPSA) is 21.3 Å². The number of hydrogen-bond donors (Lipinski definition) is 1. The Bertz CT molecular complexity index is 492. The standard InChI is InChI=1S/C19H29NO/c1-4-20-18(17-7-6-14(2)12-15(17)3)16-8-11-21-19(13-16)9-5-10-19/h6-7,12,16,18,20H,4-5,8-11,13H2,1-3H3. The van der Waals surface area contributed by atoms with Crippen molar-refractivity contribution < 1.29 is 4.74 Å². The quantitative estimate of drug-likeness (QED) is 0.891. The Morgan fingerprint density at radius 1 is 1.33 bits per heavy atom. The fourth-order valence-corrected chi connectivity index (χ4v) is 4.19. The number of ether oxygens (including phenoxy) is 1. The summed E-state index contributed by atoms with van der Waals surface area (Å²) in [5.41, 5.74) is 4.50. The van der Waals surface area contributed by atoms with E-state index in [9.17, 15) is 0 Å². The Balaban J connectivity index is 1.83. The van der Waals surface area contributed by atoms with Crippen LogP contribution in [0.15, 0.2) is 18.2 Å². The smallest absolute Gasteiger partial charge is 0.0686 e. The van der Waals surface area contributed by atoms with Gasteiger partial charge in [0, 0.05) is 12.6 Å². The molecule has 116 valence electrons. The van der Waals surface area contributed by atoms with Crippen LogP contribution in [0.2, 0.25) is 0 Å². The SMILES string of the molecule is CCNC(c1ccc(C)cc1C)C1CCOC2(CCC2)C1. The summed E-state index contributed by atoms with van der Waals surface area (Å²) in [6, 6.07) is 7.39. The summed E-state index contributed by atoms with van der Waals surface area (Å²) in [4.78, 5) is 0. The van der Waals surface area contributed by atoms with E-state index in [1.54, 1.807) is 0 Å². The van der Waals surface area contributed by atoms with Gasteiger partial charge in [-0.15, -0.1) is 0 Å². The van der Waals surface area contributed by atoms with Gasteiger partial charge in [0.25, 0.3) is 0 Å². The van der Waals surface area contributed by atoms with Crippen molar-refractivity contribution in [1.82, 2.24) is 5.32 Å². The highest BCUT2D eigenvalue weighted by Crippen LogP contribution is 2.47. The predicted molar refractivity (Wildman–Crippen MR) is 87.6 cm³/mol. The Morgan fingerprint density at radius 2 is 2.14 bits per heavy atom. The molecule has 1 saturated carbocycles. The van der Waals surface area contributed by atoms with E-state index < -0.39 is 0 Å². The van der Waals surface area contributed by atoms with Gasteiger partial charge in [-0.1, -0.05) is 30.7 Å². The minimum Gasteiger partial charge on any atom is -0.375 e. The molecule has 21 heavy (non-hydrogen) atoms. The second-order valence-corrected chi connectivity index (χ2v) is 7.03. The number of aryl methyl sites for hydroxylation is 2. The molecule has 2 aliphatic rings. The molecule has 0 aromatic heterocycles. The number of rotatable bonds is 4. The third-order valence-electron chi connectivity index (χ3n) is 5.45. The van der Waals surface area contributed by atoms with Crippen LogP contribution >= 0.6 is 0 Å². The molecule has 0 radical (unpaired) electrons. The van der Waals surface area contributed by atoms with E-state index in [2.05, 4.69) is 44.3 Å². The van der Waals surface area contributed by atoms with Gasteiger partial charge in [-0.05, 0) is 69.5 Å². The molecule has 0 amide bonds. The molecule has 2 nitrogen and oxygen atoms in total. The van der Waals surface area contributed by atoms with Crippen LogP contribution in [0.3, 0.4) is 0 Å².